The topological polar surface area (TPSA) is 75.3 Å². The smallest absolute Gasteiger partial charge is 0.261 e. The Morgan fingerprint density at radius 1 is 0.889 bits per heavy atom. The van der Waals surface area contributed by atoms with Crippen LogP contribution in [-0.2, 0) is 10.0 Å². The fraction of sp³-hybridized carbons (Fsp3) is 0. The van der Waals surface area contributed by atoms with E-state index in [2.05, 4.69) is 26.0 Å². The maximum atomic E-state index is 13.2. The van der Waals surface area contributed by atoms with E-state index < -0.39 is 21.7 Å². The van der Waals surface area contributed by atoms with E-state index in [1.165, 1.54) is 48.5 Å². The van der Waals surface area contributed by atoms with Gasteiger partial charge in [-0.15, -0.1) is 0 Å². The molecule has 0 aliphatic heterocycles. The second-order valence-electron chi connectivity index (χ2n) is 5.60. The van der Waals surface area contributed by atoms with Crippen LogP contribution < -0.4 is 10.0 Å². The first-order valence-electron chi connectivity index (χ1n) is 7.79. The molecular weight excluding hydrogens is 435 g/mol. The van der Waals surface area contributed by atoms with Gasteiger partial charge in [-0.1, -0.05) is 28.1 Å². The first-order chi connectivity index (χ1) is 12.8. The first kappa shape index (κ1) is 19.1. The van der Waals surface area contributed by atoms with E-state index in [0.717, 1.165) is 4.47 Å². The van der Waals surface area contributed by atoms with Gasteiger partial charge in [0, 0.05) is 21.4 Å². The lowest BCUT2D eigenvalue weighted by Gasteiger charge is -2.10. The average Bonchev–Trinajstić information content (AvgIpc) is 2.62. The predicted octanol–water partition coefficient (Wildman–Crippen LogP) is 4.64. The maximum Gasteiger partial charge on any atom is 0.261 e. The largest absolute Gasteiger partial charge is 0.322 e. The van der Waals surface area contributed by atoms with Gasteiger partial charge >= 0.3 is 0 Å². The molecule has 3 aromatic carbocycles. The van der Waals surface area contributed by atoms with Crippen molar-refractivity contribution >= 4 is 43.2 Å². The van der Waals surface area contributed by atoms with E-state index in [-0.39, 0.29) is 16.1 Å². The Balaban J connectivity index is 1.79. The number of nitrogens with one attached hydrogen (secondary N) is 2. The lowest BCUT2D eigenvalue weighted by Crippen LogP contribution is -2.15. The molecule has 5 nitrogen and oxygen atoms in total. The molecule has 0 saturated heterocycles. The van der Waals surface area contributed by atoms with Crippen LogP contribution in [0.1, 0.15) is 10.4 Å². The molecule has 27 heavy (non-hydrogen) atoms. The maximum absolute atomic E-state index is 13.2. The molecule has 1 amide bonds. The van der Waals surface area contributed by atoms with Gasteiger partial charge in [0.25, 0.3) is 15.9 Å². The summed E-state index contributed by atoms with van der Waals surface area (Å²) in [6.07, 6.45) is 0. The number of hydrogen-bond acceptors (Lipinski definition) is 3. The van der Waals surface area contributed by atoms with Crippen molar-refractivity contribution in [1.82, 2.24) is 0 Å². The SMILES string of the molecule is O=C(Nc1cccc(F)c1)c1cccc(NS(=O)(=O)c2ccc(Br)cc2)c1. The van der Waals surface area contributed by atoms with Crippen LogP contribution in [0.5, 0.6) is 0 Å². The number of rotatable bonds is 5. The van der Waals surface area contributed by atoms with E-state index in [9.17, 15) is 17.6 Å². The van der Waals surface area contributed by atoms with Crippen LogP contribution in [0.25, 0.3) is 0 Å². The highest BCUT2D eigenvalue weighted by Crippen LogP contribution is 2.20. The monoisotopic (exact) mass is 448 g/mol. The molecule has 0 atom stereocenters. The van der Waals surface area contributed by atoms with E-state index in [4.69, 9.17) is 0 Å². The van der Waals surface area contributed by atoms with Gasteiger partial charge in [0.05, 0.1) is 4.90 Å². The molecule has 3 aromatic rings. The Kier molecular flexibility index (Phi) is 5.57. The van der Waals surface area contributed by atoms with Crippen LogP contribution in [0.3, 0.4) is 0 Å². The third-order valence-electron chi connectivity index (χ3n) is 3.58. The number of halogens is 2. The molecule has 138 valence electrons. The Bertz CT molecular complexity index is 1090. The quantitative estimate of drug-likeness (QED) is 0.596. The number of carbonyl (C=O) groups excluding carboxylic acids is 1. The number of benzene rings is 3. The van der Waals surface area contributed by atoms with E-state index in [0.29, 0.717) is 5.69 Å². The fourth-order valence-electron chi connectivity index (χ4n) is 2.32. The second-order valence-corrected chi connectivity index (χ2v) is 8.20. The van der Waals surface area contributed by atoms with Crippen molar-refractivity contribution in [1.29, 1.82) is 0 Å². The minimum atomic E-state index is -3.79. The van der Waals surface area contributed by atoms with Crippen molar-refractivity contribution in [2.24, 2.45) is 0 Å². The summed E-state index contributed by atoms with van der Waals surface area (Å²) in [7, 11) is -3.79. The highest BCUT2D eigenvalue weighted by atomic mass is 79.9. The molecule has 0 aliphatic rings. The summed E-state index contributed by atoms with van der Waals surface area (Å²) in [5, 5.41) is 2.57. The molecule has 0 spiro atoms. The van der Waals surface area contributed by atoms with Crippen molar-refractivity contribution in [3.8, 4) is 0 Å². The zero-order valence-corrected chi connectivity index (χ0v) is 16.2. The molecule has 3 rings (SSSR count). The van der Waals surface area contributed by atoms with Crippen LogP contribution in [0.15, 0.2) is 82.2 Å². The Hall–Kier alpha value is -2.71. The van der Waals surface area contributed by atoms with Crippen LogP contribution in [0, 0.1) is 5.82 Å². The first-order valence-corrected chi connectivity index (χ1v) is 10.1. The van der Waals surface area contributed by atoms with Gasteiger partial charge in [-0.25, -0.2) is 12.8 Å². The highest BCUT2D eigenvalue weighted by Gasteiger charge is 2.15. The zero-order valence-electron chi connectivity index (χ0n) is 13.8. The molecule has 0 heterocycles. The van der Waals surface area contributed by atoms with Crippen molar-refractivity contribution in [2.75, 3.05) is 10.0 Å². The molecule has 8 heteroatoms. The molecule has 0 fully saturated rings. The Labute approximate surface area is 164 Å². The third-order valence-corrected chi connectivity index (χ3v) is 5.51. The average molecular weight is 449 g/mol. The summed E-state index contributed by atoms with van der Waals surface area (Å²) in [6.45, 7) is 0. The summed E-state index contributed by atoms with van der Waals surface area (Å²) in [5.41, 5.74) is 0.779. The third kappa shape index (κ3) is 4.93. The molecule has 0 aliphatic carbocycles. The van der Waals surface area contributed by atoms with Gasteiger partial charge in [0.1, 0.15) is 5.82 Å². The van der Waals surface area contributed by atoms with Crippen molar-refractivity contribution in [3.05, 3.63) is 88.6 Å². The minimum absolute atomic E-state index is 0.0975. The standard InChI is InChI=1S/C19H14BrFN2O3S/c20-14-7-9-18(10-8-14)27(25,26)23-17-6-1-3-13(11-17)19(24)22-16-5-2-4-15(21)12-16/h1-12,23H,(H,22,24). The predicted molar refractivity (Wildman–Crippen MR) is 106 cm³/mol. The molecular formula is C19H14BrFN2O3S. The lowest BCUT2D eigenvalue weighted by atomic mass is 10.2. The highest BCUT2D eigenvalue weighted by molar-refractivity contribution is 9.10. The van der Waals surface area contributed by atoms with Crippen molar-refractivity contribution in [2.45, 2.75) is 4.90 Å². The van der Waals surface area contributed by atoms with Crippen LogP contribution >= 0.6 is 15.9 Å². The van der Waals surface area contributed by atoms with Crippen LogP contribution in [0.2, 0.25) is 0 Å². The van der Waals surface area contributed by atoms with Gasteiger partial charge in [-0.05, 0) is 60.7 Å². The molecule has 2 N–H and O–H groups in total. The summed E-state index contributed by atoms with van der Waals surface area (Å²) >= 11 is 3.25. The molecule has 0 saturated carbocycles. The van der Waals surface area contributed by atoms with Crippen molar-refractivity contribution in [3.63, 3.8) is 0 Å². The second kappa shape index (κ2) is 7.89. The van der Waals surface area contributed by atoms with E-state index in [1.807, 2.05) is 0 Å². The summed E-state index contributed by atoms with van der Waals surface area (Å²) < 4.78 is 41.3. The molecule has 0 bridgehead atoms. The normalized spacial score (nSPS) is 11.0. The Morgan fingerprint density at radius 2 is 1.56 bits per heavy atom. The Morgan fingerprint density at radius 3 is 2.26 bits per heavy atom. The van der Waals surface area contributed by atoms with E-state index in [1.54, 1.807) is 24.3 Å². The number of sulfonamides is 1. The van der Waals surface area contributed by atoms with Crippen LogP contribution in [0.4, 0.5) is 15.8 Å². The number of amides is 1. The van der Waals surface area contributed by atoms with E-state index >= 15 is 0 Å². The lowest BCUT2D eigenvalue weighted by molar-refractivity contribution is 0.102. The van der Waals surface area contributed by atoms with Gasteiger partial charge in [-0.2, -0.15) is 0 Å². The van der Waals surface area contributed by atoms with Crippen molar-refractivity contribution < 1.29 is 17.6 Å². The van der Waals surface area contributed by atoms with Gasteiger partial charge in [-0.3, -0.25) is 9.52 Å². The molecule has 0 radical (unpaired) electrons. The fourth-order valence-corrected chi connectivity index (χ4v) is 3.64. The summed E-state index contributed by atoms with van der Waals surface area (Å²) in [4.78, 5) is 12.4. The number of hydrogen-bond donors (Lipinski definition) is 2. The summed E-state index contributed by atoms with van der Waals surface area (Å²) in [6, 6.07) is 17.7. The minimum Gasteiger partial charge on any atom is -0.322 e. The molecule has 0 unspecified atom stereocenters. The van der Waals surface area contributed by atoms with Gasteiger partial charge < -0.3 is 5.32 Å². The zero-order chi connectivity index (χ0) is 19.4. The molecule has 0 aromatic heterocycles. The van der Waals surface area contributed by atoms with Gasteiger partial charge in [0.15, 0.2) is 0 Å². The number of anilines is 2. The van der Waals surface area contributed by atoms with Crippen LogP contribution in [-0.4, -0.2) is 14.3 Å². The summed E-state index contributed by atoms with van der Waals surface area (Å²) in [5.74, 6) is -0.950. The van der Waals surface area contributed by atoms with Gasteiger partial charge in [0.2, 0.25) is 0 Å². The number of carbonyl (C=O) groups is 1.